The topological polar surface area (TPSA) is 43.9 Å². The van der Waals surface area contributed by atoms with Gasteiger partial charge in [-0.3, -0.25) is 14.5 Å². The van der Waals surface area contributed by atoms with Crippen molar-refractivity contribution < 1.29 is 9.59 Å². The first-order valence-corrected chi connectivity index (χ1v) is 7.50. The van der Waals surface area contributed by atoms with Crippen LogP contribution < -0.4 is 0 Å². The zero-order chi connectivity index (χ0) is 14.5. The molecular weight excluding hydrogens is 254 g/mol. The Hall–Kier alpha value is -1.36. The summed E-state index contributed by atoms with van der Waals surface area (Å²) in [5, 5.41) is 0. The van der Waals surface area contributed by atoms with Gasteiger partial charge in [0, 0.05) is 45.3 Å². The van der Waals surface area contributed by atoms with Crippen LogP contribution in [0.25, 0.3) is 0 Å². The van der Waals surface area contributed by atoms with Gasteiger partial charge in [-0.25, -0.2) is 0 Å². The molecule has 20 heavy (non-hydrogen) atoms. The highest BCUT2D eigenvalue weighted by molar-refractivity contribution is 5.88. The number of hydrogen-bond donors (Lipinski definition) is 0. The van der Waals surface area contributed by atoms with Crippen molar-refractivity contribution in [3.05, 3.63) is 11.6 Å². The number of piperazine rings is 1. The van der Waals surface area contributed by atoms with E-state index in [0.717, 1.165) is 57.7 Å². The summed E-state index contributed by atoms with van der Waals surface area (Å²) >= 11 is 0. The van der Waals surface area contributed by atoms with E-state index in [9.17, 15) is 9.59 Å². The number of amides is 2. The van der Waals surface area contributed by atoms with E-state index in [1.807, 2.05) is 23.6 Å². The summed E-state index contributed by atoms with van der Waals surface area (Å²) in [7, 11) is 0. The third-order valence-corrected chi connectivity index (χ3v) is 3.91. The summed E-state index contributed by atoms with van der Waals surface area (Å²) in [5.41, 5.74) is 1.03. The van der Waals surface area contributed by atoms with Crippen LogP contribution >= 0.6 is 0 Å². The molecule has 112 valence electrons. The highest BCUT2D eigenvalue weighted by Crippen LogP contribution is 2.09. The molecule has 0 aromatic carbocycles. The van der Waals surface area contributed by atoms with Gasteiger partial charge in [-0.05, 0) is 26.7 Å². The molecule has 5 heteroatoms. The maximum absolute atomic E-state index is 12.1. The molecule has 2 aliphatic heterocycles. The van der Waals surface area contributed by atoms with E-state index in [1.54, 1.807) is 6.08 Å². The van der Waals surface area contributed by atoms with Gasteiger partial charge in [-0.2, -0.15) is 0 Å². The predicted molar refractivity (Wildman–Crippen MR) is 78.3 cm³/mol. The van der Waals surface area contributed by atoms with Crippen molar-refractivity contribution >= 4 is 11.8 Å². The van der Waals surface area contributed by atoms with Crippen LogP contribution in [0.1, 0.15) is 26.7 Å². The first-order valence-electron chi connectivity index (χ1n) is 7.50. The Labute approximate surface area is 121 Å². The minimum absolute atomic E-state index is 0.0931. The van der Waals surface area contributed by atoms with Crippen LogP contribution in [0.3, 0.4) is 0 Å². The molecule has 0 aromatic rings. The lowest BCUT2D eigenvalue weighted by atomic mass is 10.2. The van der Waals surface area contributed by atoms with Crippen molar-refractivity contribution in [2.24, 2.45) is 0 Å². The molecule has 0 atom stereocenters. The van der Waals surface area contributed by atoms with Gasteiger partial charge in [0.05, 0.1) is 6.54 Å². The quantitative estimate of drug-likeness (QED) is 0.715. The third kappa shape index (κ3) is 4.07. The summed E-state index contributed by atoms with van der Waals surface area (Å²) in [6.45, 7) is 9.22. The summed E-state index contributed by atoms with van der Waals surface area (Å²) in [5.74, 6) is 0.335. The molecule has 0 N–H and O–H groups in total. The highest BCUT2D eigenvalue weighted by Gasteiger charge is 2.24. The normalized spacial score (nSPS) is 20.1. The minimum Gasteiger partial charge on any atom is -0.342 e. The van der Waals surface area contributed by atoms with Crippen LogP contribution in [0.4, 0.5) is 0 Å². The van der Waals surface area contributed by atoms with Crippen molar-refractivity contribution in [1.82, 2.24) is 14.7 Å². The fourth-order valence-corrected chi connectivity index (χ4v) is 2.72. The van der Waals surface area contributed by atoms with E-state index >= 15 is 0 Å². The van der Waals surface area contributed by atoms with E-state index < -0.39 is 0 Å². The number of hydrogen-bond acceptors (Lipinski definition) is 3. The van der Waals surface area contributed by atoms with E-state index in [-0.39, 0.29) is 11.8 Å². The van der Waals surface area contributed by atoms with Gasteiger partial charge in [0.2, 0.25) is 11.8 Å². The van der Waals surface area contributed by atoms with E-state index in [2.05, 4.69) is 4.90 Å². The molecule has 0 radical (unpaired) electrons. The van der Waals surface area contributed by atoms with Crippen molar-refractivity contribution in [3.8, 4) is 0 Å². The number of rotatable bonds is 3. The van der Waals surface area contributed by atoms with Gasteiger partial charge in [0.15, 0.2) is 0 Å². The van der Waals surface area contributed by atoms with Gasteiger partial charge in [-0.15, -0.1) is 0 Å². The van der Waals surface area contributed by atoms with Crippen LogP contribution in [-0.2, 0) is 9.59 Å². The molecule has 2 rings (SSSR count). The Morgan fingerprint density at radius 2 is 1.50 bits per heavy atom. The lowest BCUT2D eigenvalue weighted by Gasteiger charge is -2.34. The third-order valence-electron chi connectivity index (χ3n) is 3.91. The standard InChI is InChI=1S/C15H25N3O2/c1-13(2)11-14(19)18-9-7-16(8-10-18)12-15(20)17-5-3-4-6-17/h11H,3-10,12H2,1-2H3. The SMILES string of the molecule is CC(C)=CC(=O)N1CCN(CC(=O)N2CCCC2)CC1. The van der Waals surface area contributed by atoms with Crippen LogP contribution in [-0.4, -0.2) is 72.3 Å². The first kappa shape index (κ1) is 15.0. The van der Waals surface area contributed by atoms with Crippen molar-refractivity contribution in [2.45, 2.75) is 26.7 Å². The molecule has 0 spiro atoms. The largest absolute Gasteiger partial charge is 0.342 e. The maximum atomic E-state index is 12.1. The van der Waals surface area contributed by atoms with Gasteiger partial charge < -0.3 is 9.80 Å². The van der Waals surface area contributed by atoms with Gasteiger partial charge in [-0.1, -0.05) is 5.57 Å². The second-order valence-corrected chi connectivity index (χ2v) is 5.91. The van der Waals surface area contributed by atoms with Crippen LogP contribution in [0.15, 0.2) is 11.6 Å². The van der Waals surface area contributed by atoms with Crippen molar-refractivity contribution in [2.75, 3.05) is 45.8 Å². The molecule has 0 aliphatic carbocycles. The molecule has 2 fully saturated rings. The molecular formula is C15H25N3O2. The second-order valence-electron chi connectivity index (χ2n) is 5.91. The zero-order valence-electron chi connectivity index (χ0n) is 12.6. The fraction of sp³-hybridized carbons (Fsp3) is 0.733. The number of allylic oxidation sites excluding steroid dienone is 1. The average molecular weight is 279 g/mol. The number of carbonyl (C=O) groups is 2. The average Bonchev–Trinajstić information content (AvgIpc) is 2.92. The lowest BCUT2D eigenvalue weighted by Crippen LogP contribution is -2.51. The number of carbonyl (C=O) groups excluding carboxylic acids is 2. The minimum atomic E-state index is 0.0931. The molecule has 0 aromatic heterocycles. The maximum Gasteiger partial charge on any atom is 0.246 e. The molecule has 2 saturated heterocycles. The first-order chi connectivity index (χ1) is 9.56. The zero-order valence-corrected chi connectivity index (χ0v) is 12.6. The smallest absolute Gasteiger partial charge is 0.246 e. The van der Waals surface area contributed by atoms with Crippen molar-refractivity contribution in [3.63, 3.8) is 0 Å². The van der Waals surface area contributed by atoms with Crippen LogP contribution in [0.2, 0.25) is 0 Å². The van der Waals surface area contributed by atoms with Gasteiger partial charge in [0.25, 0.3) is 0 Å². The Morgan fingerprint density at radius 3 is 2.05 bits per heavy atom. The Morgan fingerprint density at radius 1 is 0.900 bits per heavy atom. The van der Waals surface area contributed by atoms with Crippen LogP contribution in [0, 0.1) is 0 Å². The molecule has 2 aliphatic rings. The molecule has 2 amide bonds. The lowest BCUT2D eigenvalue weighted by molar-refractivity contribution is -0.132. The number of likely N-dealkylation sites (tertiary alicyclic amines) is 1. The van der Waals surface area contributed by atoms with E-state index in [0.29, 0.717) is 6.54 Å². The van der Waals surface area contributed by atoms with E-state index in [4.69, 9.17) is 0 Å². The van der Waals surface area contributed by atoms with Crippen LogP contribution in [0.5, 0.6) is 0 Å². The summed E-state index contributed by atoms with van der Waals surface area (Å²) < 4.78 is 0. The molecule has 2 heterocycles. The summed E-state index contributed by atoms with van der Waals surface area (Å²) in [6, 6.07) is 0. The molecule has 0 saturated carbocycles. The summed E-state index contributed by atoms with van der Waals surface area (Å²) in [6.07, 6.45) is 3.96. The number of nitrogens with zero attached hydrogens (tertiary/aromatic N) is 3. The fourth-order valence-electron chi connectivity index (χ4n) is 2.72. The second kappa shape index (κ2) is 6.88. The van der Waals surface area contributed by atoms with Gasteiger partial charge in [0.1, 0.15) is 0 Å². The Balaban J connectivity index is 1.75. The molecule has 5 nitrogen and oxygen atoms in total. The Bertz CT molecular complexity index is 388. The molecule has 0 bridgehead atoms. The monoisotopic (exact) mass is 279 g/mol. The van der Waals surface area contributed by atoms with E-state index in [1.165, 1.54) is 0 Å². The molecule has 0 unspecified atom stereocenters. The van der Waals surface area contributed by atoms with Crippen molar-refractivity contribution in [1.29, 1.82) is 0 Å². The van der Waals surface area contributed by atoms with Gasteiger partial charge >= 0.3 is 0 Å². The predicted octanol–water partition coefficient (Wildman–Crippen LogP) is 0.719. The highest BCUT2D eigenvalue weighted by atomic mass is 16.2. The summed E-state index contributed by atoms with van der Waals surface area (Å²) in [4.78, 5) is 30.0. The Kier molecular flexibility index (Phi) is 5.17.